The van der Waals surface area contributed by atoms with E-state index in [2.05, 4.69) is 4.74 Å². The zero-order chi connectivity index (χ0) is 12.1. The molecule has 0 radical (unpaired) electrons. The summed E-state index contributed by atoms with van der Waals surface area (Å²) in [6.07, 6.45) is 0. The standard InChI is InChI=1S/C9H5ClN2O4/c10-8-5-6(12(14)15)1-2-7(8)9(13)16-4-3-11/h1-2,5H,4H2. The molecule has 0 aliphatic heterocycles. The van der Waals surface area contributed by atoms with E-state index in [1.807, 2.05) is 0 Å². The number of non-ortho nitro benzene ring substituents is 1. The monoisotopic (exact) mass is 240 g/mol. The van der Waals surface area contributed by atoms with E-state index in [1.165, 1.54) is 6.07 Å². The van der Waals surface area contributed by atoms with Crippen molar-refractivity contribution in [3.05, 3.63) is 38.9 Å². The molecular weight excluding hydrogens is 236 g/mol. The van der Waals surface area contributed by atoms with Crippen LogP contribution in [0.25, 0.3) is 0 Å². The SMILES string of the molecule is N#CCOC(=O)c1ccc([N+](=O)[O-])cc1Cl. The lowest BCUT2D eigenvalue weighted by Crippen LogP contribution is -2.06. The number of carbonyl (C=O) groups excluding carboxylic acids is 1. The molecule has 16 heavy (non-hydrogen) atoms. The molecule has 0 aliphatic rings. The van der Waals surface area contributed by atoms with Gasteiger partial charge in [-0.2, -0.15) is 5.26 Å². The van der Waals surface area contributed by atoms with Crippen LogP contribution < -0.4 is 0 Å². The van der Waals surface area contributed by atoms with Gasteiger partial charge >= 0.3 is 5.97 Å². The third kappa shape index (κ3) is 2.68. The topological polar surface area (TPSA) is 93.2 Å². The molecule has 6 nitrogen and oxygen atoms in total. The van der Waals surface area contributed by atoms with Crippen LogP contribution in [-0.4, -0.2) is 17.5 Å². The number of nitro groups is 1. The molecule has 0 saturated carbocycles. The summed E-state index contributed by atoms with van der Waals surface area (Å²) in [6, 6.07) is 4.98. The number of esters is 1. The number of carbonyl (C=O) groups is 1. The van der Waals surface area contributed by atoms with Gasteiger partial charge < -0.3 is 4.74 Å². The zero-order valence-corrected chi connectivity index (χ0v) is 8.60. The van der Waals surface area contributed by atoms with Gasteiger partial charge in [0.15, 0.2) is 6.61 Å². The van der Waals surface area contributed by atoms with Crippen LogP contribution in [-0.2, 0) is 4.74 Å². The number of hydrogen-bond acceptors (Lipinski definition) is 5. The first-order valence-corrected chi connectivity index (χ1v) is 4.42. The number of nitro benzene ring substituents is 1. The Bertz CT molecular complexity index is 481. The van der Waals surface area contributed by atoms with Gasteiger partial charge in [0.05, 0.1) is 15.5 Å². The molecule has 0 aromatic heterocycles. The van der Waals surface area contributed by atoms with Crippen LogP contribution in [0.4, 0.5) is 5.69 Å². The van der Waals surface area contributed by atoms with Crippen molar-refractivity contribution < 1.29 is 14.5 Å². The Balaban J connectivity index is 2.95. The maximum atomic E-state index is 11.3. The predicted molar refractivity (Wildman–Crippen MR) is 54.0 cm³/mol. The van der Waals surface area contributed by atoms with Crippen LogP contribution in [0.2, 0.25) is 5.02 Å². The van der Waals surface area contributed by atoms with Crippen LogP contribution in [0.15, 0.2) is 18.2 Å². The van der Waals surface area contributed by atoms with Crippen molar-refractivity contribution >= 4 is 23.3 Å². The largest absolute Gasteiger partial charge is 0.447 e. The average molecular weight is 241 g/mol. The summed E-state index contributed by atoms with van der Waals surface area (Å²) >= 11 is 5.66. The van der Waals surface area contributed by atoms with Crippen LogP contribution in [0.5, 0.6) is 0 Å². The second-order valence-electron chi connectivity index (χ2n) is 2.66. The summed E-state index contributed by atoms with van der Waals surface area (Å²) in [5.74, 6) is -0.790. The van der Waals surface area contributed by atoms with E-state index in [9.17, 15) is 14.9 Å². The minimum absolute atomic E-state index is 0.0116. The third-order valence-corrected chi connectivity index (χ3v) is 1.96. The van der Waals surface area contributed by atoms with E-state index in [4.69, 9.17) is 16.9 Å². The maximum absolute atomic E-state index is 11.3. The van der Waals surface area contributed by atoms with Gasteiger partial charge in [0.1, 0.15) is 6.07 Å². The second kappa shape index (κ2) is 5.09. The van der Waals surface area contributed by atoms with Crippen molar-refractivity contribution in [3.63, 3.8) is 0 Å². The van der Waals surface area contributed by atoms with Crippen molar-refractivity contribution in [1.29, 1.82) is 5.26 Å². The van der Waals surface area contributed by atoms with Gasteiger partial charge in [-0.15, -0.1) is 0 Å². The lowest BCUT2D eigenvalue weighted by Gasteiger charge is -2.02. The van der Waals surface area contributed by atoms with Crippen molar-refractivity contribution in [1.82, 2.24) is 0 Å². The van der Waals surface area contributed by atoms with Gasteiger partial charge in [-0.1, -0.05) is 11.6 Å². The summed E-state index contributed by atoms with van der Waals surface area (Å²) in [4.78, 5) is 21.0. The van der Waals surface area contributed by atoms with Gasteiger partial charge in [-0.05, 0) is 6.07 Å². The van der Waals surface area contributed by atoms with E-state index < -0.39 is 17.5 Å². The molecule has 0 fully saturated rings. The molecular formula is C9H5ClN2O4. The Labute approximate surface area is 95.2 Å². The van der Waals surface area contributed by atoms with Crippen LogP contribution >= 0.6 is 11.6 Å². The molecule has 82 valence electrons. The molecule has 1 aromatic rings. The second-order valence-corrected chi connectivity index (χ2v) is 3.06. The van der Waals surface area contributed by atoms with E-state index >= 15 is 0 Å². The van der Waals surface area contributed by atoms with Crippen molar-refractivity contribution in [2.75, 3.05) is 6.61 Å². The predicted octanol–water partition coefficient (Wildman–Crippen LogP) is 1.93. The number of nitrogens with zero attached hydrogens (tertiary/aromatic N) is 2. The highest BCUT2D eigenvalue weighted by molar-refractivity contribution is 6.33. The Hall–Kier alpha value is -2.13. The zero-order valence-electron chi connectivity index (χ0n) is 7.84. The average Bonchev–Trinajstić information content (AvgIpc) is 2.25. The quantitative estimate of drug-likeness (QED) is 0.457. The number of hydrogen-bond donors (Lipinski definition) is 0. The van der Waals surface area contributed by atoms with Gasteiger partial charge in [-0.3, -0.25) is 10.1 Å². The first kappa shape index (κ1) is 11.9. The van der Waals surface area contributed by atoms with Crippen LogP contribution in [0.3, 0.4) is 0 Å². The summed E-state index contributed by atoms with van der Waals surface area (Å²) in [5, 5.41) is 18.5. The maximum Gasteiger partial charge on any atom is 0.340 e. The minimum Gasteiger partial charge on any atom is -0.447 e. The normalized spacial score (nSPS) is 9.25. The van der Waals surface area contributed by atoms with Crippen LogP contribution in [0.1, 0.15) is 10.4 Å². The van der Waals surface area contributed by atoms with Gasteiger partial charge in [0.25, 0.3) is 5.69 Å². The molecule has 0 N–H and O–H groups in total. The van der Waals surface area contributed by atoms with E-state index in [0.29, 0.717) is 0 Å². The van der Waals surface area contributed by atoms with Crippen LogP contribution in [0, 0.1) is 21.4 Å². The fourth-order valence-corrected chi connectivity index (χ4v) is 1.21. The highest BCUT2D eigenvalue weighted by Crippen LogP contribution is 2.22. The molecule has 0 amide bonds. The summed E-state index contributed by atoms with van der Waals surface area (Å²) in [5.41, 5.74) is -0.232. The highest BCUT2D eigenvalue weighted by atomic mass is 35.5. The molecule has 0 heterocycles. The number of benzene rings is 1. The molecule has 1 aromatic carbocycles. The Kier molecular flexibility index (Phi) is 3.80. The van der Waals surface area contributed by atoms with Crippen molar-refractivity contribution in [3.8, 4) is 6.07 Å². The minimum atomic E-state index is -0.790. The Morgan fingerprint density at radius 1 is 1.62 bits per heavy atom. The summed E-state index contributed by atoms with van der Waals surface area (Å²) in [7, 11) is 0. The van der Waals surface area contributed by atoms with Crippen molar-refractivity contribution in [2.45, 2.75) is 0 Å². The molecule has 0 atom stereocenters. The first-order chi connectivity index (χ1) is 7.56. The fraction of sp³-hybridized carbons (Fsp3) is 0.111. The number of halogens is 1. The summed E-state index contributed by atoms with van der Waals surface area (Å²) < 4.78 is 4.50. The molecule has 0 spiro atoms. The molecule has 0 aliphatic carbocycles. The smallest absolute Gasteiger partial charge is 0.340 e. The lowest BCUT2D eigenvalue weighted by molar-refractivity contribution is -0.384. The lowest BCUT2D eigenvalue weighted by atomic mass is 10.2. The number of ether oxygens (including phenoxy) is 1. The molecule has 0 bridgehead atoms. The number of nitriles is 1. The third-order valence-electron chi connectivity index (χ3n) is 1.65. The molecule has 0 unspecified atom stereocenters. The molecule has 7 heteroatoms. The van der Waals surface area contributed by atoms with Gasteiger partial charge in [0, 0.05) is 12.1 Å². The molecule has 1 rings (SSSR count). The van der Waals surface area contributed by atoms with E-state index in [0.717, 1.165) is 12.1 Å². The molecule has 0 saturated heterocycles. The van der Waals surface area contributed by atoms with E-state index in [-0.39, 0.29) is 16.3 Å². The van der Waals surface area contributed by atoms with E-state index in [1.54, 1.807) is 6.07 Å². The van der Waals surface area contributed by atoms with Gasteiger partial charge in [0.2, 0.25) is 0 Å². The Morgan fingerprint density at radius 3 is 2.81 bits per heavy atom. The van der Waals surface area contributed by atoms with Crippen molar-refractivity contribution in [2.24, 2.45) is 0 Å². The Morgan fingerprint density at radius 2 is 2.31 bits per heavy atom. The fourth-order valence-electron chi connectivity index (χ4n) is 0.959. The first-order valence-electron chi connectivity index (χ1n) is 4.04. The van der Waals surface area contributed by atoms with Gasteiger partial charge in [-0.25, -0.2) is 4.79 Å². The summed E-state index contributed by atoms with van der Waals surface area (Å²) in [6.45, 7) is -0.397. The number of rotatable bonds is 3. The highest BCUT2D eigenvalue weighted by Gasteiger charge is 2.15.